The molecule has 106 valence electrons. The number of anilines is 1. The van der Waals surface area contributed by atoms with Crippen LogP contribution in [0.2, 0.25) is 5.02 Å². The summed E-state index contributed by atoms with van der Waals surface area (Å²) in [5, 5.41) is 6.64. The predicted octanol–water partition coefficient (Wildman–Crippen LogP) is 3.69. The zero-order valence-electron chi connectivity index (χ0n) is 11.9. The molecule has 2 N–H and O–H groups in total. The van der Waals surface area contributed by atoms with Gasteiger partial charge < -0.3 is 10.6 Å². The van der Waals surface area contributed by atoms with Crippen molar-refractivity contribution in [2.24, 2.45) is 5.92 Å². The van der Waals surface area contributed by atoms with Crippen LogP contribution in [0.4, 0.5) is 5.69 Å². The summed E-state index contributed by atoms with van der Waals surface area (Å²) >= 11 is 5.99. The fraction of sp³-hybridized carbons (Fsp3) is 0.533. The molecule has 0 aliphatic rings. The Morgan fingerprint density at radius 2 is 1.89 bits per heavy atom. The number of hydrogen-bond donors (Lipinski definition) is 2. The quantitative estimate of drug-likeness (QED) is 0.801. The van der Waals surface area contributed by atoms with Gasteiger partial charge >= 0.3 is 0 Å². The Bertz CT molecular complexity index is 405. The van der Waals surface area contributed by atoms with Crippen molar-refractivity contribution in [3.05, 3.63) is 29.3 Å². The van der Waals surface area contributed by atoms with E-state index in [0.717, 1.165) is 12.8 Å². The van der Waals surface area contributed by atoms with E-state index < -0.39 is 0 Å². The van der Waals surface area contributed by atoms with Crippen molar-refractivity contribution in [1.29, 1.82) is 0 Å². The molecule has 1 atom stereocenters. The second kappa shape index (κ2) is 8.18. The predicted molar refractivity (Wildman–Crippen MR) is 81.6 cm³/mol. The highest BCUT2D eigenvalue weighted by Gasteiger charge is 2.14. The molecule has 0 bridgehead atoms. The van der Waals surface area contributed by atoms with Gasteiger partial charge in [-0.3, -0.25) is 4.79 Å². The van der Waals surface area contributed by atoms with Gasteiger partial charge in [-0.05, 0) is 25.0 Å². The van der Waals surface area contributed by atoms with Gasteiger partial charge in [-0.2, -0.15) is 0 Å². The number of para-hydroxylation sites is 1. The van der Waals surface area contributed by atoms with Gasteiger partial charge in [-0.15, -0.1) is 0 Å². The molecule has 0 aromatic heterocycles. The average molecular weight is 283 g/mol. The number of nitrogens with one attached hydrogen (secondary N) is 2. The third-order valence-electron chi connectivity index (χ3n) is 3.49. The third kappa shape index (κ3) is 5.21. The average Bonchev–Trinajstić information content (AvgIpc) is 2.40. The molecule has 0 fully saturated rings. The van der Waals surface area contributed by atoms with Crippen molar-refractivity contribution in [1.82, 2.24) is 5.32 Å². The zero-order chi connectivity index (χ0) is 14.3. The number of amides is 1. The van der Waals surface area contributed by atoms with E-state index in [4.69, 9.17) is 11.6 Å². The van der Waals surface area contributed by atoms with Crippen LogP contribution in [-0.2, 0) is 4.79 Å². The smallest absolute Gasteiger partial charge is 0.238 e. The zero-order valence-corrected chi connectivity index (χ0v) is 12.6. The standard InChI is InChI=1S/C15H23ClN2O/c1-4-12(5-2)11(3)17-10-15(19)18-14-9-7-6-8-13(14)16/h6-9,11-12,17H,4-5,10H2,1-3H3,(H,18,19). The van der Waals surface area contributed by atoms with Gasteiger partial charge in [0.25, 0.3) is 0 Å². The lowest BCUT2D eigenvalue weighted by molar-refractivity contribution is -0.115. The van der Waals surface area contributed by atoms with Crippen LogP contribution < -0.4 is 10.6 Å². The Balaban J connectivity index is 2.42. The molecule has 1 aromatic rings. The first-order chi connectivity index (χ1) is 9.08. The van der Waals surface area contributed by atoms with Crippen molar-refractivity contribution >= 4 is 23.2 Å². The highest BCUT2D eigenvalue weighted by atomic mass is 35.5. The molecule has 0 saturated carbocycles. The maximum absolute atomic E-state index is 11.8. The van der Waals surface area contributed by atoms with E-state index in [1.807, 2.05) is 12.1 Å². The normalized spacial score (nSPS) is 12.5. The molecule has 3 nitrogen and oxygen atoms in total. The lowest BCUT2D eigenvalue weighted by atomic mass is 9.95. The lowest BCUT2D eigenvalue weighted by Crippen LogP contribution is -2.38. The molecule has 1 amide bonds. The Morgan fingerprint density at radius 3 is 2.47 bits per heavy atom. The van der Waals surface area contributed by atoms with E-state index in [1.165, 1.54) is 0 Å². The summed E-state index contributed by atoms with van der Waals surface area (Å²) in [6, 6.07) is 7.58. The van der Waals surface area contributed by atoms with Crippen molar-refractivity contribution in [3.8, 4) is 0 Å². The molecule has 1 aromatic carbocycles. The minimum Gasteiger partial charge on any atom is -0.324 e. The highest BCUT2D eigenvalue weighted by Crippen LogP contribution is 2.20. The van der Waals surface area contributed by atoms with Crippen LogP contribution in [0.25, 0.3) is 0 Å². The molecular weight excluding hydrogens is 260 g/mol. The van der Waals surface area contributed by atoms with E-state index in [0.29, 0.717) is 29.2 Å². The summed E-state index contributed by atoms with van der Waals surface area (Å²) in [6.45, 7) is 6.79. The molecule has 0 saturated heterocycles. The van der Waals surface area contributed by atoms with Gasteiger partial charge in [0, 0.05) is 6.04 Å². The second-order valence-corrected chi connectivity index (χ2v) is 5.18. The fourth-order valence-electron chi connectivity index (χ4n) is 2.17. The number of halogens is 1. The molecule has 0 radical (unpaired) electrons. The fourth-order valence-corrected chi connectivity index (χ4v) is 2.36. The van der Waals surface area contributed by atoms with Crippen molar-refractivity contribution in [2.75, 3.05) is 11.9 Å². The molecule has 0 aliphatic heterocycles. The first-order valence-electron chi connectivity index (χ1n) is 6.86. The first-order valence-corrected chi connectivity index (χ1v) is 7.24. The molecule has 0 heterocycles. The van der Waals surface area contributed by atoms with Crippen LogP contribution in [0.5, 0.6) is 0 Å². The SMILES string of the molecule is CCC(CC)C(C)NCC(=O)Nc1ccccc1Cl. The number of carbonyl (C=O) groups excluding carboxylic acids is 1. The van der Waals surface area contributed by atoms with Gasteiger partial charge in [0.05, 0.1) is 17.3 Å². The van der Waals surface area contributed by atoms with E-state index in [-0.39, 0.29) is 5.91 Å². The monoisotopic (exact) mass is 282 g/mol. The molecule has 4 heteroatoms. The molecule has 19 heavy (non-hydrogen) atoms. The molecular formula is C15H23ClN2O. The Hall–Kier alpha value is -1.06. The number of rotatable bonds is 7. The summed E-state index contributed by atoms with van der Waals surface area (Å²) in [6.07, 6.45) is 2.24. The molecule has 1 unspecified atom stereocenters. The van der Waals surface area contributed by atoms with Crippen LogP contribution in [-0.4, -0.2) is 18.5 Å². The summed E-state index contributed by atoms with van der Waals surface area (Å²) in [4.78, 5) is 11.8. The van der Waals surface area contributed by atoms with Crippen molar-refractivity contribution in [2.45, 2.75) is 39.7 Å². The van der Waals surface area contributed by atoms with Crippen LogP contribution >= 0.6 is 11.6 Å². The van der Waals surface area contributed by atoms with E-state index >= 15 is 0 Å². The molecule has 1 rings (SSSR count). The molecule has 0 spiro atoms. The Kier molecular flexibility index (Phi) is 6.89. The second-order valence-electron chi connectivity index (χ2n) is 4.77. The van der Waals surface area contributed by atoms with Crippen molar-refractivity contribution in [3.63, 3.8) is 0 Å². The number of benzene rings is 1. The van der Waals surface area contributed by atoms with Crippen LogP contribution in [0, 0.1) is 5.92 Å². The largest absolute Gasteiger partial charge is 0.324 e. The minimum absolute atomic E-state index is 0.0640. The first kappa shape index (κ1) is 16.0. The summed E-state index contributed by atoms with van der Waals surface area (Å²) in [5.41, 5.74) is 0.658. The maximum Gasteiger partial charge on any atom is 0.238 e. The van der Waals surface area contributed by atoms with Gasteiger partial charge in [0.1, 0.15) is 0 Å². The van der Waals surface area contributed by atoms with Crippen LogP contribution in [0.1, 0.15) is 33.6 Å². The lowest BCUT2D eigenvalue weighted by Gasteiger charge is -2.22. The summed E-state index contributed by atoms with van der Waals surface area (Å²) < 4.78 is 0. The topological polar surface area (TPSA) is 41.1 Å². The van der Waals surface area contributed by atoms with Crippen LogP contribution in [0.3, 0.4) is 0 Å². The van der Waals surface area contributed by atoms with Crippen molar-refractivity contribution < 1.29 is 4.79 Å². The molecule has 0 aliphatic carbocycles. The highest BCUT2D eigenvalue weighted by molar-refractivity contribution is 6.33. The Labute approximate surface area is 120 Å². The summed E-state index contributed by atoms with van der Waals surface area (Å²) in [7, 11) is 0. The maximum atomic E-state index is 11.8. The number of carbonyl (C=O) groups is 1. The third-order valence-corrected chi connectivity index (χ3v) is 3.82. The van der Waals surface area contributed by atoms with E-state index in [1.54, 1.807) is 12.1 Å². The number of hydrogen-bond acceptors (Lipinski definition) is 2. The summed E-state index contributed by atoms with van der Waals surface area (Å²) in [5.74, 6) is 0.541. The van der Waals surface area contributed by atoms with Gasteiger partial charge in [-0.1, -0.05) is 50.4 Å². The minimum atomic E-state index is -0.0640. The van der Waals surface area contributed by atoms with Gasteiger partial charge in [-0.25, -0.2) is 0 Å². The van der Waals surface area contributed by atoms with Crippen LogP contribution in [0.15, 0.2) is 24.3 Å². The van der Waals surface area contributed by atoms with Gasteiger partial charge in [0.15, 0.2) is 0 Å². The Morgan fingerprint density at radius 1 is 1.26 bits per heavy atom. The van der Waals surface area contributed by atoms with E-state index in [2.05, 4.69) is 31.4 Å². The van der Waals surface area contributed by atoms with Gasteiger partial charge in [0.2, 0.25) is 5.91 Å². The van der Waals surface area contributed by atoms with E-state index in [9.17, 15) is 4.79 Å².